The van der Waals surface area contributed by atoms with Crippen LogP contribution in [-0.2, 0) is 4.79 Å². The number of benzene rings is 1. The first-order chi connectivity index (χ1) is 11.5. The van der Waals surface area contributed by atoms with Crippen LogP contribution in [0.4, 0.5) is 11.4 Å². The van der Waals surface area contributed by atoms with Gasteiger partial charge in [0.2, 0.25) is 5.91 Å². The molecule has 0 aliphatic rings. The van der Waals surface area contributed by atoms with Crippen LogP contribution in [0.5, 0.6) is 0 Å². The van der Waals surface area contributed by atoms with Crippen molar-refractivity contribution in [3.8, 4) is 0 Å². The lowest BCUT2D eigenvalue weighted by Crippen LogP contribution is -2.12. The van der Waals surface area contributed by atoms with Crippen molar-refractivity contribution in [3.63, 3.8) is 0 Å². The Kier molecular flexibility index (Phi) is 9.73. The molecule has 5 nitrogen and oxygen atoms in total. The highest BCUT2D eigenvalue weighted by Crippen LogP contribution is 2.25. The summed E-state index contributed by atoms with van der Waals surface area (Å²) < 4.78 is 0. The van der Waals surface area contributed by atoms with Gasteiger partial charge in [-0.3, -0.25) is 14.9 Å². The van der Waals surface area contributed by atoms with Gasteiger partial charge >= 0.3 is 0 Å². The van der Waals surface area contributed by atoms with E-state index in [0.29, 0.717) is 6.42 Å². The van der Waals surface area contributed by atoms with Crippen LogP contribution in [0.15, 0.2) is 18.2 Å². The number of nitro benzene ring substituents is 1. The summed E-state index contributed by atoms with van der Waals surface area (Å²) in [7, 11) is 0. The Labute approximate surface area is 145 Å². The van der Waals surface area contributed by atoms with Crippen LogP contribution in [0, 0.1) is 17.0 Å². The van der Waals surface area contributed by atoms with Crippen LogP contribution in [-0.4, -0.2) is 10.8 Å². The largest absolute Gasteiger partial charge is 0.320 e. The smallest absolute Gasteiger partial charge is 0.293 e. The summed E-state index contributed by atoms with van der Waals surface area (Å²) in [5, 5.41) is 13.7. The van der Waals surface area contributed by atoms with Crippen molar-refractivity contribution >= 4 is 17.3 Å². The number of unbranched alkanes of at least 4 members (excludes halogenated alkanes) is 8. The second-order valence-electron chi connectivity index (χ2n) is 6.40. The number of nitrogens with zero attached hydrogens (tertiary/aromatic N) is 1. The Hall–Kier alpha value is -1.91. The van der Waals surface area contributed by atoms with E-state index in [2.05, 4.69) is 12.2 Å². The Balaban J connectivity index is 2.22. The third kappa shape index (κ3) is 8.09. The van der Waals surface area contributed by atoms with E-state index < -0.39 is 4.92 Å². The molecule has 0 spiro atoms. The highest BCUT2D eigenvalue weighted by molar-refractivity contribution is 5.93. The Bertz CT molecular complexity index is 529. The van der Waals surface area contributed by atoms with E-state index in [4.69, 9.17) is 0 Å². The zero-order chi connectivity index (χ0) is 17.8. The molecule has 0 bridgehead atoms. The average molecular weight is 334 g/mol. The molecule has 0 aliphatic carbocycles. The summed E-state index contributed by atoms with van der Waals surface area (Å²) >= 11 is 0. The van der Waals surface area contributed by atoms with E-state index in [-0.39, 0.29) is 17.3 Å². The molecule has 0 heterocycles. The minimum absolute atomic E-state index is 0.0459. The van der Waals surface area contributed by atoms with E-state index in [9.17, 15) is 14.9 Å². The van der Waals surface area contributed by atoms with Gasteiger partial charge in [0.15, 0.2) is 0 Å². The van der Waals surface area contributed by atoms with Gasteiger partial charge in [-0.05, 0) is 25.0 Å². The number of hydrogen-bond acceptors (Lipinski definition) is 3. The highest BCUT2D eigenvalue weighted by Gasteiger charge is 2.15. The molecular formula is C19H30N2O3. The summed E-state index contributed by atoms with van der Waals surface area (Å²) in [4.78, 5) is 22.5. The number of hydrogen-bond donors (Lipinski definition) is 1. The fourth-order valence-corrected chi connectivity index (χ4v) is 2.71. The van der Waals surface area contributed by atoms with Gasteiger partial charge in [-0.15, -0.1) is 0 Å². The Morgan fingerprint density at radius 1 is 1.04 bits per heavy atom. The van der Waals surface area contributed by atoms with E-state index in [1.165, 1.54) is 44.6 Å². The molecule has 24 heavy (non-hydrogen) atoms. The molecule has 1 rings (SSSR count). The quantitative estimate of drug-likeness (QED) is 0.300. The number of carbonyl (C=O) groups is 1. The Morgan fingerprint density at radius 2 is 1.62 bits per heavy atom. The zero-order valence-corrected chi connectivity index (χ0v) is 15.0. The predicted molar refractivity (Wildman–Crippen MR) is 98.3 cm³/mol. The van der Waals surface area contributed by atoms with Crippen molar-refractivity contribution in [1.29, 1.82) is 0 Å². The number of anilines is 1. The second kappa shape index (κ2) is 11.6. The Morgan fingerprint density at radius 3 is 2.21 bits per heavy atom. The minimum atomic E-state index is -0.457. The summed E-state index contributed by atoms with van der Waals surface area (Å²) in [5.41, 5.74) is 1.04. The fourth-order valence-electron chi connectivity index (χ4n) is 2.71. The third-order valence-electron chi connectivity index (χ3n) is 4.13. The van der Waals surface area contributed by atoms with Gasteiger partial charge in [-0.2, -0.15) is 0 Å². The van der Waals surface area contributed by atoms with Gasteiger partial charge in [0.25, 0.3) is 5.69 Å². The average Bonchev–Trinajstić information content (AvgIpc) is 2.54. The standard InChI is InChI=1S/C19H30N2O3/c1-3-4-5-6-7-8-9-10-11-12-19(22)20-17-14-13-16(2)15-18(17)21(23)24/h13-15H,3-12H2,1-2H3,(H,20,22). The van der Waals surface area contributed by atoms with E-state index in [0.717, 1.165) is 24.8 Å². The predicted octanol–water partition coefficient (Wildman–Crippen LogP) is 5.76. The van der Waals surface area contributed by atoms with Crippen molar-refractivity contribution < 1.29 is 9.72 Å². The first-order valence-corrected chi connectivity index (χ1v) is 9.09. The second-order valence-corrected chi connectivity index (χ2v) is 6.40. The lowest BCUT2D eigenvalue weighted by molar-refractivity contribution is -0.384. The van der Waals surface area contributed by atoms with Crippen LogP contribution in [0.3, 0.4) is 0 Å². The van der Waals surface area contributed by atoms with Gasteiger partial charge in [-0.1, -0.05) is 64.4 Å². The molecule has 0 aromatic heterocycles. The van der Waals surface area contributed by atoms with Crippen molar-refractivity contribution in [1.82, 2.24) is 0 Å². The molecule has 1 N–H and O–H groups in total. The number of amides is 1. The van der Waals surface area contributed by atoms with E-state index in [1.807, 2.05) is 0 Å². The molecule has 0 radical (unpaired) electrons. The van der Waals surface area contributed by atoms with Crippen LogP contribution >= 0.6 is 0 Å². The van der Waals surface area contributed by atoms with E-state index in [1.54, 1.807) is 19.1 Å². The maximum absolute atomic E-state index is 11.9. The lowest BCUT2D eigenvalue weighted by atomic mass is 10.1. The van der Waals surface area contributed by atoms with Crippen LogP contribution < -0.4 is 5.32 Å². The fraction of sp³-hybridized carbons (Fsp3) is 0.632. The summed E-state index contributed by atoms with van der Waals surface area (Å²) in [6.07, 6.45) is 11.2. The molecule has 0 saturated carbocycles. The normalized spacial score (nSPS) is 10.6. The number of nitro groups is 1. The minimum Gasteiger partial charge on any atom is -0.320 e. The van der Waals surface area contributed by atoms with E-state index >= 15 is 0 Å². The molecule has 0 unspecified atom stereocenters. The maximum atomic E-state index is 11.9. The van der Waals surface area contributed by atoms with Crippen molar-refractivity contribution in [2.24, 2.45) is 0 Å². The van der Waals surface area contributed by atoms with Crippen molar-refractivity contribution in [2.45, 2.75) is 78.1 Å². The monoisotopic (exact) mass is 334 g/mol. The number of carbonyl (C=O) groups excluding carboxylic acids is 1. The molecule has 5 heteroatoms. The van der Waals surface area contributed by atoms with Gasteiger partial charge in [0, 0.05) is 12.5 Å². The molecule has 1 amide bonds. The van der Waals surface area contributed by atoms with Crippen LogP contribution in [0.2, 0.25) is 0 Å². The van der Waals surface area contributed by atoms with Gasteiger partial charge in [0.05, 0.1) is 4.92 Å². The van der Waals surface area contributed by atoms with Gasteiger partial charge < -0.3 is 5.32 Å². The van der Waals surface area contributed by atoms with Crippen molar-refractivity contribution in [2.75, 3.05) is 5.32 Å². The summed E-state index contributed by atoms with van der Waals surface area (Å²) in [6, 6.07) is 4.84. The number of nitrogens with one attached hydrogen (secondary N) is 1. The molecule has 0 fully saturated rings. The molecule has 0 atom stereocenters. The lowest BCUT2D eigenvalue weighted by Gasteiger charge is -2.07. The third-order valence-corrected chi connectivity index (χ3v) is 4.13. The number of rotatable bonds is 12. The molecule has 0 aliphatic heterocycles. The maximum Gasteiger partial charge on any atom is 0.293 e. The van der Waals surface area contributed by atoms with Crippen LogP contribution in [0.1, 0.15) is 76.7 Å². The van der Waals surface area contributed by atoms with Gasteiger partial charge in [-0.25, -0.2) is 0 Å². The van der Waals surface area contributed by atoms with Crippen molar-refractivity contribution in [3.05, 3.63) is 33.9 Å². The molecule has 0 saturated heterocycles. The molecule has 1 aromatic carbocycles. The number of aryl methyl sites for hydroxylation is 1. The zero-order valence-electron chi connectivity index (χ0n) is 15.0. The topological polar surface area (TPSA) is 72.2 Å². The molecule has 1 aromatic rings. The summed E-state index contributed by atoms with van der Waals surface area (Å²) in [6.45, 7) is 4.01. The van der Waals surface area contributed by atoms with Gasteiger partial charge in [0.1, 0.15) is 5.69 Å². The summed E-state index contributed by atoms with van der Waals surface area (Å²) in [5.74, 6) is -0.148. The van der Waals surface area contributed by atoms with Crippen LogP contribution in [0.25, 0.3) is 0 Å². The first-order valence-electron chi connectivity index (χ1n) is 9.09. The molecular weight excluding hydrogens is 304 g/mol. The highest BCUT2D eigenvalue weighted by atomic mass is 16.6. The first kappa shape index (κ1) is 20.1. The SMILES string of the molecule is CCCCCCCCCCCC(=O)Nc1ccc(C)cc1[N+](=O)[O-]. The molecule has 134 valence electrons.